The normalized spacial score (nSPS) is 11.6. The van der Waals surface area contributed by atoms with Gasteiger partial charge in [-0.25, -0.2) is 4.79 Å². The zero-order valence-electron chi connectivity index (χ0n) is 15.0. The van der Waals surface area contributed by atoms with Gasteiger partial charge >= 0.3 is 5.97 Å². The maximum absolute atomic E-state index is 12.1. The molecule has 0 aromatic heterocycles. The van der Waals surface area contributed by atoms with E-state index in [4.69, 9.17) is 4.74 Å². The zero-order chi connectivity index (χ0) is 18.9. The van der Waals surface area contributed by atoms with Gasteiger partial charge in [-0.2, -0.15) is 0 Å². The minimum Gasteiger partial charge on any atom is -0.452 e. The van der Waals surface area contributed by atoms with Gasteiger partial charge in [0.25, 0.3) is 5.91 Å². The summed E-state index contributed by atoms with van der Waals surface area (Å²) in [5.74, 6) is -1.09. The molecule has 0 heterocycles. The van der Waals surface area contributed by atoms with Crippen molar-refractivity contribution in [3.63, 3.8) is 0 Å². The SMILES string of the molecule is CCCCc1ccc(NC(=O)COC(=O)c2ccccc2[S@](C)=O)cc1. The Morgan fingerprint density at radius 2 is 1.77 bits per heavy atom. The summed E-state index contributed by atoms with van der Waals surface area (Å²) in [5.41, 5.74) is 2.09. The molecule has 0 aliphatic heterocycles. The molecule has 138 valence electrons. The van der Waals surface area contributed by atoms with E-state index in [0.717, 1.165) is 19.3 Å². The molecule has 0 bridgehead atoms. The van der Waals surface area contributed by atoms with Crippen molar-refractivity contribution in [2.75, 3.05) is 18.2 Å². The summed E-state index contributed by atoms with van der Waals surface area (Å²) in [7, 11) is -1.31. The molecule has 1 atom stereocenters. The number of hydrogen-bond acceptors (Lipinski definition) is 4. The molecule has 0 saturated heterocycles. The third-order valence-electron chi connectivity index (χ3n) is 3.81. The molecular formula is C20H23NO4S. The van der Waals surface area contributed by atoms with E-state index in [-0.39, 0.29) is 5.56 Å². The lowest BCUT2D eigenvalue weighted by Gasteiger charge is -2.09. The van der Waals surface area contributed by atoms with E-state index in [1.807, 2.05) is 24.3 Å². The summed E-state index contributed by atoms with van der Waals surface area (Å²) in [6.45, 7) is 1.74. The van der Waals surface area contributed by atoms with Crippen LogP contribution in [-0.4, -0.2) is 28.9 Å². The number of amides is 1. The van der Waals surface area contributed by atoms with Crippen LogP contribution in [0.5, 0.6) is 0 Å². The van der Waals surface area contributed by atoms with Gasteiger partial charge in [-0.3, -0.25) is 9.00 Å². The molecule has 0 aliphatic rings. The fourth-order valence-corrected chi connectivity index (χ4v) is 3.16. The maximum atomic E-state index is 12.1. The molecule has 26 heavy (non-hydrogen) atoms. The van der Waals surface area contributed by atoms with Gasteiger partial charge < -0.3 is 10.1 Å². The Morgan fingerprint density at radius 1 is 1.08 bits per heavy atom. The van der Waals surface area contributed by atoms with Gasteiger partial charge in [-0.1, -0.05) is 37.6 Å². The lowest BCUT2D eigenvalue weighted by atomic mass is 10.1. The minimum atomic E-state index is -1.31. The lowest BCUT2D eigenvalue weighted by Crippen LogP contribution is -2.21. The monoisotopic (exact) mass is 373 g/mol. The Kier molecular flexibility index (Phi) is 7.53. The second-order valence-electron chi connectivity index (χ2n) is 5.88. The summed E-state index contributed by atoms with van der Waals surface area (Å²) in [4.78, 5) is 24.5. The highest BCUT2D eigenvalue weighted by atomic mass is 32.2. The molecule has 0 fully saturated rings. The van der Waals surface area contributed by atoms with Crippen LogP contribution in [0.2, 0.25) is 0 Å². The van der Waals surface area contributed by atoms with Crippen molar-refractivity contribution in [2.24, 2.45) is 0 Å². The average Bonchev–Trinajstić information content (AvgIpc) is 2.65. The fraction of sp³-hybridized carbons (Fsp3) is 0.300. The van der Waals surface area contributed by atoms with Crippen LogP contribution in [-0.2, 0) is 26.8 Å². The van der Waals surface area contributed by atoms with Gasteiger partial charge in [-0.05, 0) is 42.7 Å². The standard InChI is InChI=1S/C20H23NO4S/c1-3-4-7-15-10-12-16(13-11-15)21-19(22)14-25-20(23)17-8-5-6-9-18(17)26(2)24/h5-6,8-13H,3-4,7,14H2,1-2H3,(H,21,22)/t26-/m0/s1. The fourth-order valence-electron chi connectivity index (χ4n) is 2.43. The predicted molar refractivity (Wildman–Crippen MR) is 103 cm³/mol. The van der Waals surface area contributed by atoms with E-state index in [1.165, 1.54) is 17.9 Å². The summed E-state index contributed by atoms with van der Waals surface area (Å²) in [6, 6.07) is 14.1. The first-order chi connectivity index (χ1) is 12.5. The van der Waals surface area contributed by atoms with Gasteiger partial charge in [0.05, 0.1) is 21.3 Å². The van der Waals surface area contributed by atoms with Crippen molar-refractivity contribution in [3.8, 4) is 0 Å². The van der Waals surface area contributed by atoms with Gasteiger partial charge in [0.1, 0.15) is 0 Å². The molecule has 0 saturated carbocycles. The number of rotatable bonds is 8. The molecule has 2 rings (SSSR count). The van der Waals surface area contributed by atoms with E-state index < -0.39 is 29.3 Å². The van der Waals surface area contributed by atoms with Gasteiger partial charge in [0, 0.05) is 11.9 Å². The number of benzene rings is 2. The number of nitrogens with one attached hydrogen (secondary N) is 1. The van der Waals surface area contributed by atoms with Crippen LogP contribution in [0.3, 0.4) is 0 Å². The summed E-state index contributed by atoms with van der Waals surface area (Å²) >= 11 is 0. The van der Waals surface area contributed by atoms with Crippen LogP contribution < -0.4 is 5.32 Å². The topological polar surface area (TPSA) is 72.5 Å². The maximum Gasteiger partial charge on any atom is 0.339 e. The van der Waals surface area contributed by atoms with E-state index in [1.54, 1.807) is 18.2 Å². The molecule has 0 radical (unpaired) electrons. The Labute approximate surface area is 156 Å². The molecule has 0 aliphatic carbocycles. The number of unbranched alkanes of at least 4 members (excludes halogenated alkanes) is 1. The van der Waals surface area contributed by atoms with Crippen molar-refractivity contribution >= 4 is 28.4 Å². The quantitative estimate of drug-likeness (QED) is 0.718. The number of carbonyl (C=O) groups excluding carboxylic acids is 2. The highest BCUT2D eigenvalue weighted by Crippen LogP contribution is 2.14. The highest BCUT2D eigenvalue weighted by molar-refractivity contribution is 7.84. The number of hydrogen-bond donors (Lipinski definition) is 1. The second kappa shape index (κ2) is 9.87. The number of anilines is 1. The van der Waals surface area contributed by atoms with E-state index in [2.05, 4.69) is 12.2 Å². The van der Waals surface area contributed by atoms with Crippen molar-refractivity contribution in [2.45, 2.75) is 31.1 Å². The lowest BCUT2D eigenvalue weighted by molar-refractivity contribution is -0.119. The number of esters is 1. The first-order valence-corrected chi connectivity index (χ1v) is 10.1. The Bertz CT molecular complexity index is 787. The molecule has 1 N–H and O–H groups in total. The van der Waals surface area contributed by atoms with Crippen LogP contribution in [0.4, 0.5) is 5.69 Å². The van der Waals surface area contributed by atoms with Crippen molar-refractivity contribution < 1.29 is 18.5 Å². The zero-order valence-corrected chi connectivity index (χ0v) is 15.8. The van der Waals surface area contributed by atoms with E-state index in [0.29, 0.717) is 10.6 Å². The average molecular weight is 373 g/mol. The molecule has 2 aromatic rings. The minimum absolute atomic E-state index is 0.210. The third-order valence-corrected chi connectivity index (χ3v) is 4.78. The van der Waals surface area contributed by atoms with Crippen LogP contribution in [0.1, 0.15) is 35.7 Å². The third kappa shape index (κ3) is 5.81. The number of aryl methyl sites for hydroxylation is 1. The van der Waals surface area contributed by atoms with Crippen molar-refractivity contribution in [1.82, 2.24) is 0 Å². The second-order valence-corrected chi connectivity index (χ2v) is 7.22. The van der Waals surface area contributed by atoms with Crippen LogP contribution >= 0.6 is 0 Å². The molecule has 0 unspecified atom stereocenters. The summed E-state index contributed by atoms with van der Waals surface area (Å²) < 4.78 is 16.7. The molecular weight excluding hydrogens is 350 g/mol. The van der Waals surface area contributed by atoms with Crippen LogP contribution in [0.15, 0.2) is 53.4 Å². The van der Waals surface area contributed by atoms with Crippen LogP contribution in [0, 0.1) is 0 Å². The first kappa shape index (κ1) is 19.8. The number of carbonyl (C=O) groups is 2. The largest absolute Gasteiger partial charge is 0.452 e. The summed E-state index contributed by atoms with van der Waals surface area (Å²) in [6.07, 6.45) is 4.77. The predicted octanol–water partition coefficient (Wildman–Crippen LogP) is 3.56. The Morgan fingerprint density at radius 3 is 2.42 bits per heavy atom. The molecule has 6 heteroatoms. The van der Waals surface area contributed by atoms with Crippen molar-refractivity contribution in [1.29, 1.82) is 0 Å². The summed E-state index contributed by atoms with van der Waals surface area (Å²) in [5, 5.41) is 2.69. The molecule has 1 amide bonds. The van der Waals surface area contributed by atoms with Gasteiger partial charge in [-0.15, -0.1) is 0 Å². The van der Waals surface area contributed by atoms with Gasteiger partial charge in [0.2, 0.25) is 0 Å². The highest BCUT2D eigenvalue weighted by Gasteiger charge is 2.16. The van der Waals surface area contributed by atoms with E-state index >= 15 is 0 Å². The van der Waals surface area contributed by atoms with Crippen LogP contribution in [0.25, 0.3) is 0 Å². The molecule has 0 spiro atoms. The first-order valence-electron chi connectivity index (χ1n) is 8.49. The molecule has 2 aromatic carbocycles. The smallest absolute Gasteiger partial charge is 0.339 e. The van der Waals surface area contributed by atoms with Gasteiger partial charge in [0.15, 0.2) is 6.61 Å². The van der Waals surface area contributed by atoms with E-state index in [9.17, 15) is 13.8 Å². The number of ether oxygens (including phenoxy) is 1. The Hall–Kier alpha value is -2.47. The Balaban J connectivity index is 1.89. The molecule has 5 nitrogen and oxygen atoms in total. The van der Waals surface area contributed by atoms with Crippen molar-refractivity contribution in [3.05, 3.63) is 59.7 Å².